The molecule has 1 rings (SSSR count). The topological polar surface area (TPSA) is 69.6 Å². The van der Waals surface area contributed by atoms with Crippen molar-refractivity contribution in [1.29, 1.82) is 0 Å². The second-order valence-electron chi connectivity index (χ2n) is 3.96. The number of carboxylic acid groups (broad SMARTS) is 1. The summed E-state index contributed by atoms with van der Waals surface area (Å²) >= 11 is 1.91. The Morgan fingerprint density at radius 2 is 2.19 bits per heavy atom. The van der Waals surface area contributed by atoms with Gasteiger partial charge >= 0.3 is 5.97 Å². The van der Waals surface area contributed by atoms with Crippen LogP contribution in [0.5, 0.6) is 0 Å². The highest BCUT2D eigenvalue weighted by Gasteiger charge is 2.26. The first-order valence-corrected chi connectivity index (χ1v) is 6.39. The molecule has 2 unspecified atom stereocenters. The molecule has 0 aliphatic carbocycles. The Labute approximate surface area is 99.6 Å². The van der Waals surface area contributed by atoms with Gasteiger partial charge in [-0.15, -0.1) is 0 Å². The molecule has 0 spiro atoms. The molecule has 16 heavy (non-hydrogen) atoms. The van der Waals surface area contributed by atoms with Crippen LogP contribution >= 0.6 is 11.8 Å². The van der Waals surface area contributed by atoms with Crippen LogP contribution < -0.4 is 5.32 Å². The number of carboxylic acids is 1. The van der Waals surface area contributed by atoms with Gasteiger partial charge in [-0.1, -0.05) is 6.92 Å². The van der Waals surface area contributed by atoms with Gasteiger partial charge in [0.15, 0.2) is 0 Å². The molecule has 0 saturated carbocycles. The number of thioether (sulfide) groups is 1. The maximum atomic E-state index is 11.4. The van der Waals surface area contributed by atoms with E-state index in [0.717, 1.165) is 12.3 Å². The van der Waals surface area contributed by atoms with E-state index in [1.807, 2.05) is 11.8 Å². The van der Waals surface area contributed by atoms with Crippen LogP contribution in [-0.4, -0.2) is 58.6 Å². The number of rotatable bonds is 4. The molecule has 92 valence electrons. The van der Waals surface area contributed by atoms with E-state index >= 15 is 0 Å². The summed E-state index contributed by atoms with van der Waals surface area (Å²) < 4.78 is 0. The molecule has 1 heterocycles. The minimum Gasteiger partial charge on any atom is -0.480 e. The lowest BCUT2D eigenvalue weighted by Gasteiger charge is -2.36. The number of hydrogen-bond donors (Lipinski definition) is 2. The monoisotopic (exact) mass is 246 g/mol. The maximum Gasteiger partial charge on any atom is 0.322 e. The lowest BCUT2D eigenvalue weighted by Crippen LogP contribution is -2.49. The van der Waals surface area contributed by atoms with Crippen molar-refractivity contribution in [3.63, 3.8) is 0 Å². The van der Waals surface area contributed by atoms with Crippen molar-refractivity contribution >= 4 is 23.6 Å². The first-order valence-electron chi connectivity index (χ1n) is 5.35. The van der Waals surface area contributed by atoms with Crippen LogP contribution in [0, 0.1) is 0 Å². The molecule has 0 aromatic carbocycles. The Bertz CT molecular complexity index is 273. The van der Waals surface area contributed by atoms with Gasteiger partial charge in [0, 0.05) is 23.6 Å². The summed E-state index contributed by atoms with van der Waals surface area (Å²) in [5.41, 5.74) is 0. The Morgan fingerprint density at radius 1 is 1.50 bits per heavy atom. The summed E-state index contributed by atoms with van der Waals surface area (Å²) in [6, 6.07) is 0.356. The lowest BCUT2D eigenvalue weighted by molar-refractivity contribution is -0.138. The molecule has 0 aromatic heterocycles. The van der Waals surface area contributed by atoms with Crippen molar-refractivity contribution in [2.75, 3.05) is 25.4 Å². The SMILES string of the molecule is CC1SCCN(CC(=O)NCC(=O)O)C1C. The van der Waals surface area contributed by atoms with Crippen LogP contribution in [0.15, 0.2) is 0 Å². The number of aliphatic carboxylic acids is 1. The van der Waals surface area contributed by atoms with Gasteiger partial charge in [-0.05, 0) is 6.92 Å². The zero-order valence-electron chi connectivity index (χ0n) is 9.60. The van der Waals surface area contributed by atoms with Crippen LogP contribution in [0.4, 0.5) is 0 Å². The highest BCUT2D eigenvalue weighted by molar-refractivity contribution is 8.00. The maximum absolute atomic E-state index is 11.4. The molecule has 5 nitrogen and oxygen atoms in total. The number of carbonyl (C=O) groups is 2. The Kier molecular flexibility index (Phi) is 5.08. The third-order valence-electron chi connectivity index (χ3n) is 2.80. The van der Waals surface area contributed by atoms with E-state index in [1.165, 1.54) is 0 Å². The van der Waals surface area contributed by atoms with E-state index in [4.69, 9.17) is 5.11 Å². The molecule has 1 aliphatic heterocycles. The fraction of sp³-hybridized carbons (Fsp3) is 0.800. The molecular formula is C10H18N2O3S. The van der Waals surface area contributed by atoms with E-state index < -0.39 is 5.97 Å². The van der Waals surface area contributed by atoms with Gasteiger partial charge in [0.05, 0.1) is 6.54 Å². The molecule has 6 heteroatoms. The van der Waals surface area contributed by atoms with E-state index in [1.54, 1.807) is 0 Å². The lowest BCUT2D eigenvalue weighted by atomic mass is 10.2. The molecule has 0 bridgehead atoms. The summed E-state index contributed by atoms with van der Waals surface area (Å²) in [6.07, 6.45) is 0. The molecule has 0 radical (unpaired) electrons. The van der Waals surface area contributed by atoms with E-state index in [2.05, 4.69) is 24.1 Å². The van der Waals surface area contributed by atoms with Gasteiger partial charge in [-0.2, -0.15) is 11.8 Å². The summed E-state index contributed by atoms with van der Waals surface area (Å²) in [5.74, 6) is -0.199. The van der Waals surface area contributed by atoms with Crippen molar-refractivity contribution in [3.05, 3.63) is 0 Å². The first-order chi connectivity index (χ1) is 7.50. The van der Waals surface area contributed by atoms with Gasteiger partial charge in [-0.3, -0.25) is 14.5 Å². The van der Waals surface area contributed by atoms with Crippen molar-refractivity contribution in [3.8, 4) is 0 Å². The van der Waals surface area contributed by atoms with Crippen molar-refractivity contribution in [1.82, 2.24) is 10.2 Å². The Balaban J connectivity index is 2.35. The standard InChI is InChI=1S/C10H18N2O3S/c1-7-8(2)16-4-3-12(7)6-9(13)11-5-10(14)15/h7-8H,3-6H2,1-2H3,(H,11,13)(H,14,15). The van der Waals surface area contributed by atoms with Crippen LogP contribution in [-0.2, 0) is 9.59 Å². The van der Waals surface area contributed by atoms with Gasteiger partial charge in [0.1, 0.15) is 6.54 Å². The second kappa shape index (κ2) is 6.10. The normalized spacial score (nSPS) is 26.4. The number of hydrogen-bond acceptors (Lipinski definition) is 4. The van der Waals surface area contributed by atoms with Gasteiger partial charge in [0.25, 0.3) is 0 Å². The Morgan fingerprint density at radius 3 is 2.81 bits per heavy atom. The van der Waals surface area contributed by atoms with Crippen LogP contribution in [0.2, 0.25) is 0 Å². The number of nitrogens with zero attached hydrogens (tertiary/aromatic N) is 1. The predicted molar refractivity (Wildman–Crippen MR) is 63.6 cm³/mol. The van der Waals surface area contributed by atoms with Crippen molar-refractivity contribution in [2.24, 2.45) is 0 Å². The van der Waals surface area contributed by atoms with Crippen molar-refractivity contribution in [2.45, 2.75) is 25.1 Å². The fourth-order valence-electron chi connectivity index (χ4n) is 1.63. The quantitative estimate of drug-likeness (QED) is 0.731. The third-order valence-corrected chi connectivity index (χ3v) is 4.14. The Hall–Kier alpha value is -0.750. The fourth-order valence-corrected chi connectivity index (χ4v) is 2.80. The van der Waals surface area contributed by atoms with Gasteiger partial charge in [0.2, 0.25) is 5.91 Å². The molecule has 0 aromatic rings. The molecule has 1 aliphatic rings. The van der Waals surface area contributed by atoms with Crippen LogP contribution in [0.25, 0.3) is 0 Å². The average molecular weight is 246 g/mol. The number of amides is 1. The highest BCUT2D eigenvalue weighted by Crippen LogP contribution is 2.23. The van der Waals surface area contributed by atoms with Crippen molar-refractivity contribution < 1.29 is 14.7 Å². The van der Waals surface area contributed by atoms with E-state index in [9.17, 15) is 9.59 Å². The van der Waals surface area contributed by atoms with Crippen LogP contribution in [0.3, 0.4) is 0 Å². The molecule has 2 N–H and O–H groups in total. The number of nitrogens with one attached hydrogen (secondary N) is 1. The molecule has 2 atom stereocenters. The minimum atomic E-state index is -1.01. The molecular weight excluding hydrogens is 228 g/mol. The minimum absolute atomic E-state index is 0.214. The first kappa shape index (κ1) is 13.3. The smallest absolute Gasteiger partial charge is 0.322 e. The zero-order chi connectivity index (χ0) is 12.1. The summed E-state index contributed by atoms with van der Waals surface area (Å²) in [6.45, 7) is 5.12. The highest BCUT2D eigenvalue weighted by atomic mass is 32.2. The van der Waals surface area contributed by atoms with Crippen LogP contribution in [0.1, 0.15) is 13.8 Å². The van der Waals surface area contributed by atoms with E-state index in [0.29, 0.717) is 17.8 Å². The molecule has 1 saturated heterocycles. The largest absolute Gasteiger partial charge is 0.480 e. The molecule has 1 amide bonds. The summed E-state index contributed by atoms with van der Waals surface area (Å²) in [7, 11) is 0. The predicted octanol–water partition coefficient (Wildman–Crippen LogP) is 0.0130. The van der Waals surface area contributed by atoms with E-state index in [-0.39, 0.29) is 12.5 Å². The zero-order valence-corrected chi connectivity index (χ0v) is 10.4. The molecule has 1 fully saturated rings. The average Bonchev–Trinajstić information content (AvgIpc) is 2.22. The summed E-state index contributed by atoms with van der Waals surface area (Å²) in [4.78, 5) is 23.8. The van der Waals surface area contributed by atoms with Gasteiger partial charge < -0.3 is 10.4 Å². The summed E-state index contributed by atoms with van der Waals surface area (Å²) in [5, 5.41) is 11.3. The number of carbonyl (C=O) groups excluding carboxylic acids is 1. The van der Waals surface area contributed by atoms with Gasteiger partial charge in [-0.25, -0.2) is 0 Å². The third kappa shape index (κ3) is 4.02. The second-order valence-corrected chi connectivity index (χ2v) is 5.44.